The largest absolute Gasteiger partial charge is 0.436 e. The average molecular weight is 851 g/mol. The Bertz CT molecular complexity index is 1430. The minimum atomic E-state index is -3.03. The van der Waals surface area contributed by atoms with Crippen LogP contribution in [0.15, 0.2) is 24.3 Å². The number of terminal acetylenes is 3. The second-order valence-electron chi connectivity index (χ2n) is 12.5. The first-order chi connectivity index (χ1) is 28.0. The van der Waals surface area contributed by atoms with Crippen LogP contribution in [-0.2, 0) is 47.4 Å². The molecule has 1 aromatic carbocycles. The molecule has 0 saturated heterocycles. The van der Waals surface area contributed by atoms with E-state index >= 15 is 0 Å². The molecule has 0 aliphatic carbocycles. The van der Waals surface area contributed by atoms with Gasteiger partial charge in [-0.2, -0.15) is 0 Å². The molecule has 1 atom stereocenters. The highest BCUT2D eigenvalue weighted by atomic mass is 32.7. The standard InChI is InChI=1S/C40H59N4O12PS/c1-6-21-50-27-30-53-24-18-41-36(45)12-15-40(16-13-37(46)42-19-25-54-31-28-51-22-7-2,17-14-38(47)43-20-26-55-32-29-52-23-8-3)44-39(48)34-10-9-11-35(33-34)56-57(4,49)58-5/h1-3,9-11,33H,12-32H2,4-5H3,(H,41,45)(H,42,46)(H,43,47)(H,44,48). The second-order valence-corrected chi connectivity index (χ2v) is 17.6. The topological polar surface area (TPSA) is 198 Å². The van der Waals surface area contributed by atoms with Crippen LogP contribution >= 0.6 is 18.0 Å². The minimum absolute atomic E-state index is 0.0458. The number of rotatable bonds is 35. The molecule has 16 nitrogen and oxygen atoms in total. The highest BCUT2D eigenvalue weighted by Gasteiger charge is 2.34. The maximum atomic E-state index is 13.9. The fraction of sp³-hybridized carbons (Fsp3) is 0.600. The van der Waals surface area contributed by atoms with Crippen molar-refractivity contribution < 1.29 is 56.7 Å². The first kappa shape index (κ1) is 51.9. The Kier molecular flexibility index (Phi) is 29.4. The molecule has 58 heavy (non-hydrogen) atoms. The van der Waals surface area contributed by atoms with Crippen LogP contribution in [0, 0.1) is 37.0 Å². The SMILES string of the molecule is C#CCOCCOCCNC(=O)CCC(CCC(=O)NCCOCCOCC#C)(CCC(=O)NCCOCCOCC#C)NC(=O)c1cccc(OP(C)(=O)SC)c1. The van der Waals surface area contributed by atoms with Gasteiger partial charge < -0.3 is 54.2 Å². The molecule has 4 amide bonds. The third kappa shape index (κ3) is 26.8. The van der Waals surface area contributed by atoms with Gasteiger partial charge in [0.15, 0.2) is 0 Å². The molecule has 0 aliphatic heterocycles. The predicted octanol–water partition coefficient (Wildman–Crippen LogP) is 2.41. The molecule has 0 aliphatic rings. The number of carbonyl (C=O) groups is 4. The maximum Gasteiger partial charge on any atom is 0.300 e. The van der Waals surface area contributed by atoms with Crippen molar-refractivity contribution in [2.75, 3.05) is 112 Å². The lowest BCUT2D eigenvalue weighted by Gasteiger charge is -2.35. The van der Waals surface area contributed by atoms with Crippen LogP contribution in [0.3, 0.4) is 0 Å². The zero-order chi connectivity index (χ0) is 42.7. The zero-order valence-electron chi connectivity index (χ0n) is 33.6. The van der Waals surface area contributed by atoms with Crippen LogP contribution in [-0.4, -0.2) is 141 Å². The number of carbonyl (C=O) groups excluding carboxylic acids is 4. The Morgan fingerprint density at radius 1 is 0.655 bits per heavy atom. The summed E-state index contributed by atoms with van der Waals surface area (Å²) in [6.45, 7) is 2.19. The lowest BCUT2D eigenvalue weighted by atomic mass is 9.82. The Labute approximate surface area is 347 Å². The number of benzene rings is 1. The second kappa shape index (κ2) is 32.8. The normalized spacial score (nSPS) is 11.9. The van der Waals surface area contributed by atoms with Crippen LogP contribution in [0.25, 0.3) is 0 Å². The number of amides is 4. The number of ether oxygens (including phenoxy) is 6. The molecule has 1 rings (SSSR count). The Morgan fingerprint density at radius 2 is 1.05 bits per heavy atom. The van der Waals surface area contributed by atoms with Gasteiger partial charge in [0.25, 0.3) is 12.5 Å². The Balaban J connectivity index is 3.15. The van der Waals surface area contributed by atoms with Crippen molar-refractivity contribution in [2.45, 2.75) is 44.1 Å². The first-order valence-electron chi connectivity index (χ1n) is 18.8. The summed E-state index contributed by atoms with van der Waals surface area (Å²) in [5, 5.41) is 11.5. The lowest BCUT2D eigenvalue weighted by molar-refractivity contribution is -0.121. The number of nitrogens with one attached hydrogen (secondary N) is 4. The van der Waals surface area contributed by atoms with Crippen LogP contribution in [0.2, 0.25) is 0 Å². The molecule has 4 N–H and O–H groups in total. The van der Waals surface area contributed by atoms with Gasteiger partial charge >= 0.3 is 0 Å². The van der Waals surface area contributed by atoms with Gasteiger partial charge in [0.1, 0.15) is 25.6 Å². The molecule has 322 valence electrons. The highest BCUT2D eigenvalue weighted by Crippen LogP contribution is 2.54. The van der Waals surface area contributed by atoms with Crippen LogP contribution in [0.4, 0.5) is 0 Å². The van der Waals surface area contributed by atoms with E-state index in [0.717, 1.165) is 11.4 Å². The van der Waals surface area contributed by atoms with Gasteiger partial charge in [-0.3, -0.25) is 23.7 Å². The third-order valence-corrected chi connectivity index (χ3v) is 11.4. The van der Waals surface area contributed by atoms with Gasteiger partial charge in [0, 0.05) is 56.7 Å². The van der Waals surface area contributed by atoms with Crippen LogP contribution in [0.1, 0.15) is 48.9 Å². The summed E-state index contributed by atoms with van der Waals surface area (Å²) in [7, 11) is 0. The van der Waals surface area contributed by atoms with Crippen molar-refractivity contribution in [3.05, 3.63) is 29.8 Å². The van der Waals surface area contributed by atoms with Gasteiger partial charge in [-0.15, -0.1) is 19.3 Å². The molecule has 0 heterocycles. The minimum Gasteiger partial charge on any atom is -0.436 e. The summed E-state index contributed by atoms with van der Waals surface area (Å²) in [4.78, 5) is 53.2. The van der Waals surface area contributed by atoms with Gasteiger partial charge in [-0.05, 0) is 43.7 Å². The molecule has 18 heteroatoms. The monoisotopic (exact) mass is 850 g/mol. The van der Waals surface area contributed by atoms with Gasteiger partial charge in [0.05, 0.1) is 59.5 Å². The summed E-state index contributed by atoms with van der Waals surface area (Å²) in [5.74, 6) is 5.83. The first-order valence-corrected chi connectivity index (χ1v) is 22.7. The van der Waals surface area contributed by atoms with Gasteiger partial charge in [0.2, 0.25) is 17.7 Å². The summed E-state index contributed by atoms with van der Waals surface area (Å²) in [6, 6.07) is 6.21. The van der Waals surface area contributed by atoms with Gasteiger partial charge in [-0.25, -0.2) is 0 Å². The van der Waals surface area contributed by atoms with Crippen LogP contribution in [0.5, 0.6) is 5.75 Å². The smallest absolute Gasteiger partial charge is 0.300 e. The summed E-state index contributed by atoms with van der Waals surface area (Å²) in [5.41, 5.74) is -1.02. The van der Waals surface area contributed by atoms with E-state index in [1.165, 1.54) is 12.7 Å². The van der Waals surface area contributed by atoms with Crippen molar-refractivity contribution in [3.63, 3.8) is 0 Å². The molecular formula is C40H59N4O12PS. The Morgan fingerprint density at radius 3 is 1.43 bits per heavy atom. The van der Waals surface area contributed by atoms with Crippen molar-refractivity contribution in [3.8, 4) is 42.8 Å². The average Bonchev–Trinajstić information content (AvgIpc) is 3.21. The van der Waals surface area contributed by atoms with E-state index < -0.39 is 18.0 Å². The third-order valence-electron chi connectivity index (χ3n) is 7.95. The molecule has 0 spiro atoms. The van der Waals surface area contributed by atoms with Crippen molar-refractivity contribution in [2.24, 2.45) is 0 Å². The van der Waals surface area contributed by atoms with Crippen molar-refractivity contribution in [1.29, 1.82) is 0 Å². The highest BCUT2D eigenvalue weighted by molar-refractivity contribution is 8.56. The number of hydrogen-bond acceptors (Lipinski definition) is 13. The summed E-state index contributed by atoms with van der Waals surface area (Å²) < 4.78 is 50.2. The van der Waals surface area contributed by atoms with Crippen molar-refractivity contribution >= 4 is 41.6 Å². The Hall–Kier alpha value is -4.08. The molecule has 0 fully saturated rings. The summed E-state index contributed by atoms with van der Waals surface area (Å²) in [6.07, 6.45) is 17.3. The van der Waals surface area contributed by atoms with Gasteiger partial charge in [-0.1, -0.05) is 35.2 Å². The van der Waals surface area contributed by atoms with E-state index in [0.29, 0.717) is 39.6 Å². The molecular weight excluding hydrogens is 791 g/mol. The quantitative estimate of drug-likeness (QED) is 0.0442. The van der Waals surface area contributed by atoms with E-state index in [2.05, 4.69) is 39.0 Å². The molecule has 0 bridgehead atoms. The molecule has 0 saturated carbocycles. The van der Waals surface area contributed by atoms with E-state index in [9.17, 15) is 23.7 Å². The fourth-order valence-electron chi connectivity index (χ4n) is 4.96. The summed E-state index contributed by atoms with van der Waals surface area (Å²) >= 11 is 1.07. The van der Waals surface area contributed by atoms with E-state index in [-0.39, 0.29) is 127 Å². The zero-order valence-corrected chi connectivity index (χ0v) is 35.4. The molecule has 1 aromatic rings. The predicted molar refractivity (Wildman–Crippen MR) is 222 cm³/mol. The number of hydrogen-bond donors (Lipinski definition) is 4. The van der Waals surface area contributed by atoms with E-state index in [1.807, 2.05) is 0 Å². The van der Waals surface area contributed by atoms with Crippen LogP contribution < -0.4 is 25.8 Å². The van der Waals surface area contributed by atoms with E-state index in [4.69, 9.17) is 52.2 Å². The molecule has 1 unspecified atom stereocenters. The maximum absolute atomic E-state index is 13.9. The van der Waals surface area contributed by atoms with Crippen molar-refractivity contribution in [1.82, 2.24) is 21.3 Å². The molecule has 0 radical (unpaired) electrons. The van der Waals surface area contributed by atoms with E-state index in [1.54, 1.807) is 24.5 Å². The fourth-order valence-corrected chi connectivity index (χ4v) is 6.02. The molecule has 0 aromatic heterocycles. The lowest BCUT2D eigenvalue weighted by Crippen LogP contribution is -2.50.